The molecule has 2 fully saturated rings. The smallest absolute Gasteiger partial charge is 0.226 e. The monoisotopic (exact) mass is 383 g/mol. The molecule has 1 saturated heterocycles. The minimum Gasteiger partial charge on any atom is -0.394 e. The van der Waals surface area contributed by atoms with Crippen LogP contribution in [0, 0.1) is 0 Å². The molecule has 0 spiro atoms. The van der Waals surface area contributed by atoms with Gasteiger partial charge in [0, 0.05) is 13.1 Å². The minimum absolute atomic E-state index is 0.0749. The van der Waals surface area contributed by atoms with Crippen molar-refractivity contribution < 1.29 is 20.1 Å². The van der Waals surface area contributed by atoms with Gasteiger partial charge in [0.05, 0.1) is 12.9 Å². The maximum absolute atomic E-state index is 10.3. The first kappa shape index (κ1) is 17.9. The Morgan fingerprint density at radius 3 is 2.65 bits per heavy atom. The van der Waals surface area contributed by atoms with Crippen molar-refractivity contribution in [3.8, 4) is 0 Å². The van der Waals surface area contributed by atoms with Crippen molar-refractivity contribution in [3.05, 3.63) is 11.6 Å². The largest absolute Gasteiger partial charge is 0.394 e. The highest BCUT2D eigenvalue weighted by atomic mass is 35.5. The van der Waals surface area contributed by atoms with Gasteiger partial charge in [-0.1, -0.05) is 12.8 Å². The Morgan fingerprint density at radius 2 is 2.00 bits per heavy atom. The number of fused-ring (bicyclic) bond motifs is 1. The first-order chi connectivity index (χ1) is 12.5. The second kappa shape index (κ2) is 6.90. The van der Waals surface area contributed by atoms with Gasteiger partial charge in [-0.3, -0.25) is 4.57 Å². The first-order valence-electron chi connectivity index (χ1n) is 8.76. The molecule has 2 aromatic heterocycles. The van der Waals surface area contributed by atoms with Crippen molar-refractivity contribution in [1.82, 2.24) is 19.5 Å². The Balaban J connectivity index is 1.74. The standard InChI is InChI=1S/C16H22ClN5O4/c1-21(8-4-2-3-5-8)13-10-14(20-16(17)19-13)22(7-18-10)15-12(25)11(24)9(6-23)26-15/h7-9,11-12,15,23-25H,2-6H2,1H3/t9-,11-,12-,15-/m1/s1. The fraction of sp³-hybridized carbons (Fsp3) is 0.688. The number of imidazole rings is 1. The zero-order chi connectivity index (χ0) is 18.4. The number of ether oxygens (including phenoxy) is 1. The third-order valence-electron chi connectivity index (χ3n) is 5.37. The van der Waals surface area contributed by atoms with E-state index in [0.29, 0.717) is 23.0 Å². The molecule has 0 radical (unpaired) electrons. The van der Waals surface area contributed by atoms with E-state index < -0.39 is 31.1 Å². The zero-order valence-electron chi connectivity index (χ0n) is 14.4. The number of anilines is 1. The summed E-state index contributed by atoms with van der Waals surface area (Å²) in [6.07, 6.45) is 1.86. The Bertz CT molecular complexity index is 796. The molecule has 2 aliphatic rings. The third kappa shape index (κ3) is 2.84. The van der Waals surface area contributed by atoms with Gasteiger partial charge in [0.2, 0.25) is 5.28 Å². The zero-order valence-corrected chi connectivity index (χ0v) is 15.1. The van der Waals surface area contributed by atoms with Crippen LogP contribution in [0.2, 0.25) is 5.28 Å². The molecule has 4 rings (SSSR count). The van der Waals surface area contributed by atoms with Crippen molar-refractivity contribution in [2.24, 2.45) is 0 Å². The summed E-state index contributed by atoms with van der Waals surface area (Å²) in [5, 5.41) is 29.7. The highest BCUT2D eigenvalue weighted by Crippen LogP contribution is 2.34. The summed E-state index contributed by atoms with van der Waals surface area (Å²) in [4.78, 5) is 15.1. The summed E-state index contributed by atoms with van der Waals surface area (Å²) in [7, 11) is 1.97. The normalized spacial score (nSPS) is 29.7. The first-order valence-corrected chi connectivity index (χ1v) is 9.14. The van der Waals surface area contributed by atoms with Gasteiger partial charge in [-0.25, -0.2) is 4.98 Å². The molecule has 10 heteroatoms. The Labute approximate surface area is 155 Å². The van der Waals surface area contributed by atoms with Gasteiger partial charge in [0.15, 0.2) is 23.2 Å². The number of nitrogens with zero attached hydrogens (tertiary/aromatic N) is 5. The number of aliphatic hydroxyl groups is 3. The van der Waals surface area contributed by atoms with E-state index >= 15 is 0 Å². The average Bonchev–Trinajstić information content (AvgIpc) is 3.35. The van der Waals surface area contributed by atoms with Gasteiger partial charge in [0.25, 0.3) is 0 Å². The second-order valence-electron chi connectivity index (χ2n) is 6.92. The van der Waals surface area contributed by atoms with Gasteiger partial charge in [-0.2, -0.15) is 9.97 Å². The van der Waals surface area contributed by atoms with E-state index in [4.69, 9.17) is 16.3 Å². The van der Waals surface area contributed by atoms with Gasteiger partial charge in [0.1, 0.15) is 18.3 Å². The molecule has 2 aromatic rings. The molecule has 142 valence electrons. The summed E-state index contributed by atoms with van der Waals surface area (Å²) >= 11 is 6.15. The molecule has 0 aromatic carbocycles. The van der Waals surface area contributed by atoms with Crippen molar-refractivity contribution in [1.29, 1.82) is 0 Å². The Hall–Kier alpha value is -1.52. The van der Waals surface area contributed by atoms with Crippen LogP contribution < -0.4 is 4.90 Å². The van der Waals surface area contributed by atoms with E-state index in [-0.39, 0.29) is 5.28 Å². The lowest BCUT2D eigenvalue weighted by molar-refractivity contribution is -0.0511. The summed E-state index contributed by atoms with van der Waals surface area (Å²) in [5.41, 5.74) is 0.973. The van der Waals surface area contributed by atoms with Crippen LogP contribution in [0.4, 0.5) is 5.82 Å². The Kier molecular flexibility index (Phi) is 4.74. The van der Waals surface area contributed by atoms with Crippen LogP contribution in [0.1, 0.15) is 31.9 Å². The number of aliphatic hydroxyl groups excluding tert-OH is 3. The van der Waals surface area contributed by atoms with E-state index in [1.54, 1.807) is 0 Å². The number of hydrogen-bond donors (Lipinski definition) is 3. The predicted molar refractivity (Wildman–Crippen MR) is 94.0 cm³/mol. The number of aromatic nitrogens is 4. The summed E-state index contributed by atoms with van der Waals surface area (Å²) in [5.74, 6) is 0.636. The van der Waals surface area contributed by atoms with E-state index in [1.807, 2.05) is 7.05 Å². The van der Waals surface area contributed by atoms with Crippen molar-refractivity contribution in [2.75, 3.05) is 18.6 Å². The lowest BCUT2D eigenvalue weighted by Gasteiger charge is -2.25. The average molecular weight is 384 g/mol. The topological polar surface area (TPSA) is 117 Å². The molecule has 0 bridgehead atoms. The van der Waals surface area contributed by atoms with Crippen LogP contribution in [0.25, 0.3) is 11.2 Å². The Morgan fingerprint density at radius 1 is 1.27 bits per heavy atom. The minimum atomic E-state index is -1.21. The van der Waals surface area contributed by atoms with E-state index in [0.717, 1.165) is 12.8 Å². The predicted octanol–water partition coefficient (Wildman–Crippen LogP) is 0.470. The molecule has 3 heterocycles. The van der Waals surface area contributed by atoms with Crippen LogP contribution in [-0.2, 0) is 4.74 Å². The molecular formula is C16H22ClN5O4. The highest BCUT2D eigenvalue weighted by molar-refractivity contribution is 6.28. The SMILES string of the molecule is CN(c1nc(Cl)nc2c1ncn2[C@@H]1O[C@H](CO)[C@@H](O)[C@H]1O)C1CCCC1. The fourth-order valence-corrected chi connectivity index (χ4v) is 4.04. The summed E-state index contributed by atoms with van der Waals surface area (Å²) < 4.78 is 7.11. The lowest BCUT2D eigenvalue weighted by atomic mass is 10.1. The molecule has 4 atom stereocenters. The molecule has 1 aliphatic carbocycles. The van der Waals surface area contributed by atoms with Crippen LogP contribution in [0.15, 0.2) is 6.33 Å². The third-order valence-corrected chi connectivity index (χ3v) is 5.54. The fourth-order valence-electron chi connectivity index (χ4n) is 3.88. The quantitative estimate of drug-likeness (QED) is 0.652. The molecule has 26 heavy (non-hydrogen) atoms. The number of hydrogen-bond acceptors (Lipinski definition) is 8. The van der Waals surface area contributed by atoms with Crippen molar-refractivity contribution in [3.63, 3.8) is 0 Å². The van der Waals surface area contributed by atoms with Gasteiger partial charge < -0.3 is 25.0 Å². The highest BCUT2D eigenvalue weighted by Gasteiger charge is 2.44. The van der Waals surface area contributed by atoms with Gasteiger partial charge in [-0.05, 0) is 24.4 Å². The summed E-state index contributed by atoms with van der Waals surface area (Å²) in [6, 6.07) is 0.378. The molecule has 3 N–H and O–H groups in total. The molecule has 0 unspecified atom stereocenters. The van der Waals surface area contributed by atoms with Crippen molar-refractivity contribution >= 4 is 28.6 Å². The van der Waals surface area contributed by atoms with E-state index in [2.05, 4.69) is 19.9 Å². The van der Waals surface area contributed by atoms with Crippen LogP contribution >= 0.6 is 11.6 Å². The van der Waals surface area contributed by atoms with Gasteiger partial charge in [-0.15, -0.1) is 0 Å². The number of halogens is 1. The molecule has 9 nitrogen and oxygen atoms in total. The molecule has 1 saturated carbocycles. The second-order valence-corrected chi connectivity index (χ2v) is 7.26. The van der Waals surface area contributed by atoms with Crippen LogP contribution in [0.3, 0.4) is 0 Å². The number of rotatable bonds is 4. The lowest BCUT2D eigenvalue weighted by Crippen LogP contribution is -2.33. The van der Waals surface area contributed by atoms with Crippen LogP contribution in [0.5, 0.6) is 0 Å². The maximum Gasteiger partial charge on any atom is 0.226 e. The molecular weight excluding hydrogens is 362 g/mol. The van der Waals surface area contributed by atoms with E-state index in [9.17, 15) is 15.3 Å². The van der Waals surface area contributed by atoms with Crippen LogP contribution in [-0.4, -0.2) is 72.8 Å². The molecule has 1 aliphatic heterocycles. The van der Waals surface area contributed by atoms with E-state index in [1.165, 1.54) is 23.7 Å². The summed E-state index contributed by atoms with van der Waals surface area (Å²) in [6.45, 7) is -0.396. The maximum atomic E-state index is 10.3. The molecule has 0 amide bonds. The van der Waals surface area contributed by atoms with Crippen molar-refractivity contribution in [2.45, 2.75) is 56.3 Å². The van der Waals surface area contributed by atoms with Gasteiger partial charge >= 0.3 is 0 Å².